The van der Waals surface area contributed by atoms with Crippen molar-refractivity contribution in [3.63, 3.8) is 0 Å². The van der Waals surface area contributed by atoms with Gasteiger partial charge in [0.15, 0.2) is 0 Å². The second-order valence-electron chi connectivity index (χ2n) is 5.34. The number of ether oxygens (including phenoxy) is 1. The number of methoxy groups -OCH3 is 1. The number of likely N-dealkylation sites (N-methyl/N-ethyl adjacent to an activating group) is 1. The molecule has 0 spiro atoms. The van der Waals surface area contributed by atoms with Crippen LogP contribution in [0.1, 0.15) is 40.0 Å². The molecule has 1 aliphatic heterocycles. The SMILES string of the molecule is CCCC(CN1CCC(C)C(OC)C1)NCC. The minimum atomic E-state index is 0.424. The first-order chi connectivity index (χ1) is 8.21. The van der Waals surface area contributed by atoms with E-state index in [1.165, 1.54) is 32.4 Å². The lowest BCUT2D eigenvalue weighted by Gasteiger charge is -2.38. The van der Waals surface area contributed by atoms with E-state index in [-0.39, 0.29) is 0 Å². The molecule has 1 saturated heterocycles. The van der Waals surface area contributed by atoms with Crippen molar-refractivity contribution in [3.8, 4) is 0 Å². The summed E-state index contributed by atoms with van der Waals surface area (Å²) < 4.78 is 5.57. The number of nitrogens with one attached hydrogen (secondary N) is 1. The molecule has 0 saturated carbocycles. The molecule has 1 aliphatic rings. The van der Waals surface area contributed by atoms with Crippen molar-refractivity contribution in [1.29, 1.82) is 0 Å². The maximum absolute atomic E-state index is 5.57. The van der Waals surface area contributed by atoms with Gasteiger partial charge in [-0.15, -0.1) is 0 Å². The third-order valence-electron chi connectivity index (χ3n) is 3.88. The van der Waals surface area contributed by atoms with E-state index in [1.54, 1.807) is 0 Å². The van der Waals surface area contributed by atoms with Gasteiger partial charge in [-0.3, -0.25) is 4.90 Å². The topological polar surface area (TPSA) is 24.5 Å². The fourth-order valence-electron chi connectivity index (χ4n) is 2.78. The summed E-state index contributed by atoms with van der Waals surface area (Å²) in [6.07, 6.45) is 4.23. The van der Waals surface area contributed by atoms with E-state index in [0.29, 0.717) is 18.1 Å². The van der Waals surface area contributed by atoms with Crippen LogP contribution in [0.25, 0.3) is 0 Å². The average Bonchev–Trinajstić information content (AvgIpc) is 2.32. The Balaban J connectivity index is 2.38. The van der Waals surface area contributed by atoms with Crippen molar-refractivity contribution in [2.24, 2.45) is 5.92 Å². The third-order valence-corrected chi connectivity index (χ3v) is 3.88. The van der Waals surface area contributed by atoms with Crippen molar-refractivity contribution < 1.29 is 4.74 Å². The van der Waals surface area contributed by atoms with Crippen LogP contribution in [0.15, 0.2) is 0 Å². The molecule has 1 heterocycles. The number of piperidine rings is 1. The maximum atomic E-state index is 5.57. The van der Waals surface area contributed by atoms with Crippen LogP contribution in [0, 0.1) is 5.92 Å². The van der Waals surface area contributed by atoms with Crippen molar-refractivity contribution in [2.45, 2.75) is 52.2 Å². The monoisotopic (exact) mass is 242 g/mol. The van der Waals surface area contributed by atoms with E-state index >= 15 is 0 Å². The maximum Gasteiger partial charge on any atom is 0.0724 e. The summed E-state index contributed by atoms with van der Waals surface area (Å²) in [4.78, 5) is 2.57. The van der Waals surface area contributed by atoms with Crippen molar-refractivity contribution in [1.82, 2.24) is 10.2 Å². The molecule has 0 aromatic carbocycles. The molecule has 1 rings (SSSR count). The van der Waals surface area contributed by atoms with Crippen LogP contribution < -0.4 is 5.32 Å². The van der Waals surface area contributed by atoms with Gasteiger partial charge in [0, 0.05) is 26.2 Å². The van der Waals surface area contributed by atoms with Crippen molar-refractivity contribution in [3.05, 3.63) is 0 Å². The average molecular weight is 242 g/mol. The molecule has 3 nitrogen and oxygen atoms in total. The first kappa shape index (κ1) is 14.9. The molecule has 1 fully saturated rings. The number of hydrogen-bond donors (Lipinski definition) is 1. The van der Waals surface area contributed by atoms with E-state index in [2.05, 4.69) is 31.0 Å². The van der Waals surface area contributed by atoms with Crippen molar-refractivity contribution >= 4 is 0 Å². The van der Waals surface area contributed by atoms with Crippen LogP contribution in [0.3, 0.4) is 0 Å². The molecule has 1 N–H and O–H groups in total. The molecular weight excluding hydrogens is 212 g/mol. The van der Waals surface area contributed by atoms with Crippen molar-refractivity contribution in [2.75, 3.05) is 33.3 Å². The molecule has 0 aromatic rings. The highest BCUT2D eigenvalue weighted by molar-refractivity contribution is 4.81. The normalized spacial score (nSPS) is 28.2. The van der Waals surface area contributed by atoms with Gasteiger partial charge in [0.05, 0.1) is 6.10 Å². The lowest BCUT2D eigenvalue weighted by atomic mass is 9.95. The molecule has 3 heteroatoms. The highest BCUT2D eigenvalue weighted by atomic mass is 16.5. The predicted molar refractivity (Wildman–Crippen MR) is 73.4 cm³/mol. The Morgan fingerprint density at radius 3 is 2.76 bits per heavy atom. The molecule has 0 amide bonds. The van der Waals surface area contributed by atoms with Gasteiger partial charge in [-0.25, -0.2) is 0 Å². The largest absolute Gasteiger partial charge is 0.380 e. The summed E-state index contributed by atoms with van der Waals surface area (Å²) in [5.74, 6) is 0.708. The number of hydrogen-bond acceptors (Lipinski definition) is 3. The van der Waals surface area contributed by atoms with E-state index < -0.39 is 0 Å². The van der Waals surface area contributed by atoms with Gasteiger partial charge in [0.1, 0.15) is 0 Å². The van der Waals surface area contributed by atoms with Gasteiger partial charge in [-0.1, -0.05) is 27.2 Å². The van der Waals surface area contributed by atoms with Crippen LogP contribution in [-0.2, 0) is 4.74 Å². The Hall–Kier alpha value is -0.120. The first-order valence-corrected chi connectivity index (χ1v) is 7.19. The van der Waals surface area contributed by atoms with E-state index in [0.717, 1.165) is 13.1 Å². The molecular formula is C14H30N2O. The molecule has 3 unspecified atom stereocenters. The zero-order valence-electron chi connectivity index (χ0n) is 12.0. The summed E-state index contributed by atoms with van der Waals surface area (Å²) in [5, 5.41) is 3.59. The molecule has 17 heavy (non-hydrogen) atoms. The quantitative estimate of drug-likeness (QED) is 0.740. The predicted octanol–water partition coefficient (Wildman–Crippen LogP) is 2.12. The Bertz CT molecular complexity index is 193. The highest BCUT2D eigenvalue weighted by Gasteiger charge is 2.26. The van der Waals surface area contributed by atoms with Gasteiger partial charge in [0.25, 0.3) is 0 Å². The van der Waals surface area contributed by atoms with Crippen LogP contribution in [0.2, 0.25) is 0 Å². The van der Waals surface area contributed by atoms with Gasteiger partial charge in [-0.05, 0) is 31.8 Å². The van der Waals surface area contributed by atoms with Crippen LogP contribution in [0.5, 0.6) is 0 Å². The molecule has 0 bridgehead atoms. The number of rotatable bonds is 7. The zero-order chi connectivity index (χ0) is 12.7. The minimum Gasteiger partial charge on any atom is -0.380 e. The Morgan fingerprint density at radius 1 is 1.41 bits per heavy atom. The van der Waals surface area contributed by atoms with Gasteiger partial charge in [-0.2, -0.15) is 0 Å². The van der Waals surface area contributed by atoms with E-state index in [9.17, 15) is 0 Å². The summed E-state index contributed by atoms with van der Waals surface area (Å²) in [5.41, 5.74) is 0. The Kier molecular flexibility index (Phi) is 7.09. The lowest BCUT2D eigenvalue weighted by Crippen LogP contribution is -2.49. The van der Waals surface area contributed by atoms with E-state index in [4.69, 9.17) is 4.74 Å². The molecule has 3 atom stereocenters. The fraction of sp³-hybridized carbons (Fsp3) is 1.00. The second-order valence-corrected chi connectivity index (χ2v) is 5.34. The first-order valence-electron chi connectivity index (χ1n) is 7.19. The Morgan fingerprint density at radius 2 is 2.18 bits per heavy atom. The standard InChI is InChI=1S/C14H30N2O/c1-5-7-13(15-6-2)10-16-9-8-12(3)14(11-16)17-4/h12-15H,5-11H2,1-4H3. The van der Waals surface area contributed by atoms with Crippen LogP contribution >= 0.6 is 0 Å². The smallest absolute Gasteiger partial charge is 0.0724 e. The summed E-state index contributed by atoms with van der Waals surface area (Å²) in [6.45, 7) is 11.3. The summed E-state index contributed by atoms with van der Waals surface area (Å²) in [7, 11) is 1.85. The number of likely N-dealkylation sites (tertiary alicyclic amines) is 1. The highest BCUT2D eigenvalue weighted by Crippen LogP contribution is 2.19. The summed E-state index contributed by atoms with van der Waals surface area (Å²) in [6, 6.07) is 0.649. The van der Waals surface area contributed by atoms with E-state index in [1.807, 2.05) is 7.11 Å². The summed E-state index contributed by atoms with van der Waals surface area (Å²) >= 11 is 0. The van der Waals surface area contributed by atoms with Crippen LogP contribution in [0.4, 0.5) is 0 Å². The Labute approximate surface area is 107 Å². The van der Waals surface area contributed by atoms with Gasteiger partial charge >= 0.3 is 0 Å². The lowest BCUT2D eigenvalue weighted by molar-refractivity contribution is -0.00760. The van der Waals surface area contributed by atoms with Crippen LogP contribution in [-0.4, -0.2) is 50.3 Å². The molecule has 102 valence electrons. The fourth-order valence-corrected chi connectivity index (χ4v) is 2.78. The second kappa shape index (κ2) is 8.06. The van der Waals surface area contributed by atoms with Gasteiger partial charge < -0.3 is 10.1 Å². The molecule has 0 aliphatic carbocycles. The molecule has 0 aromatic heterocycles. The zero-order valence-corrected chi connectivity index (χ0v) is 12.0. The third kappa shape index (κ3) is 4.94. The molecule has 0 radical (unpaired) electrons. The number of nitrogens with zero attached hydrogens (tertiary/aromatic N) is 1. The van der Waals surface area contributed by atoms with Gasteiger partial charge in [0.2, 0.25) is 0 Å². The minimum absolute atomic E-state index is 0.424.